The molecule has 1 aromatic carbocycles. The van der Waals surface area contributed by atoms with Crippen LogP contribution in [0.15, 0.2) is 29.2 Å². The number of sulfonamides is 1. The third kappa shape index (κ3) is 5.12. The Labute approximate surface area is 170 Å². The van der Waals surface area contributed by atoms with Gasteiger partial charge in [-0.2, -0.15) is 4.72 Å². The van der Waals surface area contributed by atoms with Crippen LogP contribution in [0.4, 0.5) is 4.39 Å². The minimum atomic E-state index is -4.16. The van der Waals surface area contributed by atoms with Crippen molar-refractivity contribution in [2.24, 2.45) is 5.92 Å². The van der Waals surface area contributed by atoms with E-state index in [1.807, 2.05) is 0 Å². The molecule has 8 nitrogen and oxygen atoms in total. The van der Waals surface area contributed by atoms with Crippen LogP contribution in [0, 0.1) is 11.7 Å². The van der Waals surface area contributed by atoms with Gasteiger partial charge in [-0.3, -0.25) is 9.59 Å². The molecule has 2 saturated heterocycles. The molecule has 0 bridgehead atoms. The maximum absolute atomic E-state index is 13.8. The van der Waals surface area contributed by atoms with Gasteiger partial charge >= 0.3 is 0 Å². The lowest BCUT2D eigenvalue weighted by molar-refractivity contribution is -0.144. The molecule has 0 radical (unpaired) electrons. The number of carbonyl (C=O) groups is 2. The van der Waals surface area contributed by atoms with E-state index in [9.17, 15) is 22.4 Å². The van der Waals surface area contributed by atoms with Gasteiger partial charge in [-0.05, 0) is 31.9 Å². The van der Waals surface area contributed by atoms with Crippen molar-refractivity contribution >= 4 is 21.8 Å². The highest BCUT2D eigenvalue weighted by Gasteiger charge is 2.33. The number of ether oxygens (including phenoxy) is 1. The number of morpholine rings is 1. The highest BCUT2D eigenvalue weighted by atomic mass is 32.2. The van der Waals surface area contributed by atoms with E-state index in [4.69, 9.17) is 4.74 Å². The van der Waals surface area contributed by atoms with E-state index < -0.39 is 26.8 Å². The number of piperidine rings is 1. The molecule has 1 aromatic rings. The first-order valence-electron chi connectivity index (χ1n) is 9.72. The monoisotopic (exact) mass is 427 g/mol. The van der Waals surface area contributed by atoms with Crippen molar-refractivity contribution in [1.82, 2.24) is 14.5 Å². The average Bonchev–Trinajstić information content (AvgIpc) is 2.73. The molecule has 2 heterocycles. The number of benzene rings is 1. The lowest BCUT2D eigenvalue weighted by atomic mass is 9.94. The fourth-order valence-electron chi connectivity index (χ4n) is 3.67. The molecule has 1 N–H and O–H groups in total. The van der Waals surface area contributed by atoms with Crippen molar-refractivity contribution in [2.75, 3.05) is 39.4 Å². The summed E-state index contributed by atoms with van der Waals surface area (Å²) in [6, 6.07) is 3.98. The summed E-state index contributed by atoms with van der Waals surface area (Å²) in [5.74, 6) is -1.31. The Morgan fingerprint density at radius 3 is 2.34 bits per heavy atom. The van der Waals surface area contributed by atoms with E-state index in [0.29, 0.717) is 52.2 Å². The molecule has 160 valence electrons. The van der Waals surface area contributed by atoms with Crippen molar-refractivity contribution in [1.29, 1.82) is 0 Å². The fraction of sp³-hybridized carbons (Fsp3) is 0.579. The normalized spacial score (nSPS) is 19.8. The first-order chi connectivity index (χ1) is 13.8. The van der Waals surface area contributed by atoms with Gasteiger partial charge in [-0.1, -0.05) is 12.1 Å². The predicted octanol–water partition coefficient (Wildman–Crippen LogP) is 0.590. The Morgan fingerprint density at radius 1 is 1.10 bits per heavy atom. The van der Waals surface area contributed by atoms with Gasteiger partial charge in [0.15, 0.2) is 0 Å². The lowest BCUT2D eigenvalue weighted by Gasteiger charge is -2.36. The van der Waals surface area contributed by atoms with Crippen molar-refractivity contribution in [3.8, 4) is 0 Å². The molecule has 2 fully saturated rings. The van der Waals surface area contributed by atoms with Gasteiger partial charge in [0, 0.05) is 32.1 Å². The summed E-state index contributed by atoms with van der Waals surface area (Å²) in [6.45, 7) is 4.47. The van der Waals surface area contributed by atoms with Crippen molar-refractivity contribution in [3.05, 3.63) is 30.1 Å². The number of carbonyl (C=O) groups excluding carboxylic acids is 2. The molecule has 0 aromatic heterocycles. The molecule has 2 aliphatic rings. The van der Waals surface area contributed by atoms with E-state index in [2.05, 4.69) is 4.72 Å². The van der Waals surface area contributed by atoms with E-state index in [1.54, 1.807) is 9.80 Å². The Balaban J connectivity index is 1.55. The smallest absolute Gasteiger partial charge is 0.244 e. The zero-order chi connectivity index (χ0) is 21.0. The second-order valence-electron chi connectivity index (χ2n) is 7.31. The second-order valence-corrected chi connectivity index (χ2v) is 8.99. The second kappa shape index (κ2) is 9.19. The zero-order valence-corrected chi connectivity index (χ0v) is 17.2. The van der Waals surface area contributed by atoms with Crippen LogP contribution < -0.4 is 4.72 Å². The Morgan fingerprint density at radius 2 is 1.72 bits per heavy atom. The molecule has 1 atom stereocenters. The van der Waals surface area contributed by atoms with Crippen LogP contribution in [0.25, 0.3) is 0 Å². The maximum atomic E-state index is 13.8. The standard InChI is InChI=1S/C19H26FN3O5S/c1-14(21-29(26,27)17-5-3-2-4-16(17)20)18(24)22-8-6-15(7-9-22)19(25)23-10-12-28-13-11-23/h2-5,14-15,21H,6-13H2,1H3/t14-/m0/s1. The molecule has 2 aliphatic heterocycles. The number of rotatable bonds is 5. The quantitative estimate of drug-likeness (QED) is 0.742. The fourth-order valence-corrected chi connectivity index (χ4v) is 4.95. The first kappa shape index (κ1) is 21.7. The van der Waals surface area contributed by atoms with Crippen LogP contribution in [0.3, 0.4) is 0 Å². The number of nitrogens with zero attached hydrogens (tertiary/aromatic N) is 2. The van der Waals surface area contributed by atoms with E-state index >= 15 is 0 Å². The number of halogens is 1. The zero-order valence-electron chi connectivity index (χ0n) is 16.3. The highest BCUT2D eigenvalue weighted by molar-refractivity contribution is 7.89. The third-order valence-electron chi connectivity index (χ3n) is 5.31. The van der Waals surface area contributed by atoms with Gasteiger partial charge in [-0.25, -0.2) is 12.8 Å². The molecule has 2 amide bonds. The molecule has 29 heavy (non-hydrogen) atoms. The van der Waals surface area contributed by atoms with E-state index in [0.717, 1.165) is 12.1 Å². The number of hydrogen-bond acceptors (Lipinski definition) is 5. The lowest BCUT2D eigenvalue weighted by Crippen LogP contribution is -2.51. The number of hydrogen-bond donors (Lipinski definition) is 1. The first-order valence-corrected chi connectivity index (χ1v) is 11.2. The van der Waals surface area contributed by atoms with Gasteiger partial charge in [0.2, 0.25) is 21.8 Å². The van der Waals surface area contributed by atoms with Crippen LogP contribution >= 0.6 is 0 Å². The highest BCUT2D eigenvalue weighted by Crippen LogP contribution is 2.21. The molecule has 0 spiro atoms. The molecule has 3 rings (SSSR count). The molecule has 0 unspecified atom stereocenters. The number of amides is 2. The molecule has 0 aliphatic carbocycles. The summed E-state index contributed by atoms with van der Waals surface area (Å²) in [6.07, 6.45) is 1.07. The summed E-state index contributed by atoms with van der Waals surface area (Å²) in [5, 5.41) is 0. The Hall–Kier alpha value is -2.04. The van der Waals surface area contributed by atoms with Gasteiger partial charge in [0.05, 0.1) is 19.3 Å². The summed E-state index contributed by atoms with van der Waals surface area (Å²) < 4.78 is 46.1. The van der Waals surface area contributed by atoms with E-state index in [1.165, 1.54) is 19.1 Å². The van der Waals surface area contributed by atoms with Gasteiger partial charge < -0.3 is 14.5 Å². The van der Waals surface area contributed by atoms with Crippen molar-refractivity contribution < 1.29 is 27.1 Å². The minimum Gasteiger partial charge on any atom is -0.378 e. The minimum absolute atomic E-state index is 0.0914. The molecular weight excluding hydrogens is 401 g/mol. The number of likely N-dealkylation sites (tertiary alicyclic amines) is 1. The van der Waals surface area contributed by atoms with Crippen molar-refractivity contribution in [2.45, 2.75) is 30.7 Å². The summed E-state index contributed by atoms with van der Waals surface area (Å²) in [7, 11) is -4.16. The molecular formula is C19H26FN3O5S. The van der Waals surface area contributed by atoms with Crippen LogP contribution in [-0.2, 0) is 24.3 Å². The van der Waals surface area contributed by atoms with Crippen LogP contribution in [-0.4, -0.2) is 75.5 Å². The summed E-state index contributed by atoms with van der Waals surface area (Å²) in [4.78, 5) is 28.1. The Kier molecular flexibility index (Phi) is 6.86. The predicted molar refractivity (Wildman–Crippen MR) is 103 cm³/mol. The van der Waals surface area contributed by atoms with Crippen LogP contribution in [0.1, 0.15) is 19.8 Å². The maximum Gasteiger partial charge on any atom is 0.244 e. The van der Waals surface area contributed by atoms with Crippen molar-refractivity contribution in [3.63, 3.8) is 0 Å². The summed E-state index contributed by atoms with van der Waals surface area (Å²) in [5.41, 5.74) is 0. The summed E-state index contributed by atoms with van der Waals surface area (Å²) >= 11 is 0. The Bertz CT molecular complexity index is 849. The van der Waals surface area contributed by atoms with Gasteiger partial charge in [0.25, 0.3) is 0 Å². The SMILES string of the molecule is C[C@H](NS(=O)(=O)c1ccccc1F)C(=O)N1CCC(C(=O)N2CCOCC2)CC1. The average molecular weight is 427 g/mol. The van der Waals surface area contributed by atoms with E-state index in [-0.39, 0.29) is 17.7 Å². The molecule has 10 heteroatoms. The molecule has 0 saturated carbocycles. The van der Waals surface area contributed by atoms with Crippen LogP contribution in [0.2, 0.25) is 0 Å². The topological polar surface area (TPSA) is 96.0 Å². The third-order valence-corrected chi connectivity index (χ3v) is 6.88. The largest absolute Gasteiger partial charge is 0.378 e. The van der Waals surface area contributed by atoms with Gasteiger partial charge in [-0.15, -0.1) is 0 Å². The number of nitrogens with one attached hydrogen (secondary N) is 1. The van der Waals surface area contributed by atoms with Crippen LogP contribution in [0.5, 0.6) is 0 Å². The van der Waals surface area contributed by atoms with Gasteiger partial charge in [0.1, 0.15) is 10.7 Å².